The van der Waals surface area contributed by atoms with Crippen LogP contribution in [-0.2, 0) is 4.74 Å². The Hall–Kier alpha value is -0.110. The summed E-state index contributed by atoms with van der Waals surface area (Å²) < 4.78 is 42.1. The van der Waals surface area contributed by atoms with Crippen molar-refractivity contribution in [3.05, 3.63) is 20.8 Å². The van der Waals surface area contributed by atoms with Crippen molar-refractivity contribution in [3.63, 3.8) is 0 Å². The van der Waals surface area contributed by atoms with Crippen LogP contribution in [0, 0.1) is 0 Å². The summed E-state index contributed by atoms with van der Waals surface area (Å²) >= 11 is 4.69. The van der Waals surface area contributed by atoms with Gasteiger partial charge >= 0.3 is 6.18 Å². The van der Waals surface area contributed by atoms with E-state index in [0.29, 0.717) is 0 Å². The molecular formula is C10H13BrF3NOS. The van der Waals surface area contributed by atoms with Crippen LogP contribution in [0.15, 0.2) is 15.9 Å². The van der Waals surface area contributed by atoms with Crippen LogP contribution in [0.1, 0.15) is 24.3 Å². The van der Waals surface area contributed by atoms with Gasteiger partial charge in [-0.3, -0.25) is 0 Å². The Morgan fingerprint density at radius 2 is 2.18 bits per heavy atom. The molecule has 2 unspecified atom stereocenters. The molecule has 0 aromatic carbocycles. The van der Waals surface area contributed by atoms with Crippen molar-refractivity contribution in [2.75, 3.05) is 6.61 Å². The van der Waals surface area contributed by atoms with Crippen LogP contribution in [0.4, 0.5) is 13.2 Å². The van der Waals surface area contributed by atoms with E-state index in [1.54, 1.807) is 6.92 Å². The number of alkyl halides is 3. The van der Waals surface area contributed by atoms with Crippen LogP contribution in [0.5, 0.6) is 0 Å². The Balaban J connectivity index is 2.56. The molecule has 0 amide bonds. The van der Waals surface area contributed by atoms with E-state index in [1.165, 1.54) is 11.3 Å². The van der Waals surface area contributed by atoms with E-state index in [4.69, 9.17) is 10.5 Å². The van der Waals surface area contributed by atoms with Crippen molar-refractivity contribution in [2.24, 2.45) is 5.73 Å². The van der Waals surface area contributed by atoms with Crippen molar-refractivity contribution in [1.82, 2.24) is 0 Å². The van der Waals surface area contributed by atoms with Crippen molar-refractivity contribution in [1.29, 1.82) is 0 Å². The molecule has 2 atom stereocenters. The third-order valence-electron chi connectivity index (χ3n) is 2.03. The average Bonchev–Trinajstić information content (AvgIpc) is 2.57. The summed E-state index contributed by atoms with van der Waals surface area (Å²) in [4.78, 5) is 0.828. The van der Waals surface area contributed by atoms with Crippen LogP contribution in [0.2, 0.25) is 0 Å². The monoisotopic (exact) mass is 331 g/mol. The maximum Gasteiger partial charge on any atom is 0.391 e. The van der Waals surface area contributed by atoms with Gasteiger partial charge in [0.2, 0.25) is 0 Å². The summed E-state index contributed by atoms with van der Waals surface area (Å²) in [5.74, 6) is 0. The number of nitrogens with two attached hydrogens (primary N) is 1. The van der Waals surface area contributed by atoms with Crippen molar-refractivity contribution < 1.29 is 17.9 Å². The molecule has 0 aliphatic rings. The first-order chi connectivity index (χ1) is 7.79. The fraction of sp³-hybridized carbons (Fsp3) is 0.600. The zero-order chi connectivity index (χ0) is 13.1. The molecule has 0 saturated heterocycles. The second kappa shape index (κ2) is 6.17. The highest BCUT2D eigenvalue weighted by Gasteiger charge is 2.28. The third-order valence-corrected chi connectivity index (χ3v) is 3.78. The van der Waals surface area contributed by atoms with Gasteiger partial charge in [-0.25, -0.2) is 0 Å². The summed E-state index contributed by atoms with van der Waals surface area (Å²) in [6.45, 7) is 1.34. The molecule has 0 fully saturated rings. The summed E-state index contributed by atoms with van der Waals surface area (Å²) in [5.41, 5.74) is 5.71. The number of hydrogen-bond donors (Lipinski definition) is 1. The second-order valence-corrected chi connectivity index (χ2v) is 5.54. The first-order valence-corrected chi connectivity index (χ1v) is 6.65. The Bertz CT molecular complexity index is 354. The van der Waals surface area contributed by atoms with Gasteiger partial charge in [0.15, 0.2) is 0 Å². The van der Waals surface area contributed by atoms with Gasteiger partial charge in [0.25, 0.3) is 0 Å². The van der Waals surface area contributed by atoms with Gasteiger partial charge in [-0.2, -0.15) is 13.2 Å². The molecule has 1 aromatic heterocycles. The van der Waals surface area contributed by atoms with Crippen LogP contribution in [0.25, 0.3) is 0 Å². The van der Waals surface area contributed by atoms with Gasteiger partial charge < -0.3 is 10.5 Å². The number of halogens is 4. The topological polar surface area (TPSA) is 35.2 Å². The maximum absolute atomic E-state index is 12.0. The number of hydrogen-bond acceptors (Lipinski definition) is 3. The van der Waals surface area contributed by atoms with Crippen molar-refractivity contribution >= 4 is 27.3 Å². The summed E-state index contributed by atoms with van der Waals surface area (Å²) in [6, 6.07) is 1.46. The Kier molecular flexibility index (Phi) is 5.43. The zero-order valence-electron chi connectivity index (χ0n) is 9.13. The van der Waals surface area contributed by atoms with Gasteiger partial charge in [0, 0.05) is 20.8 Å². The fourth-order valence-electron chi connectivity index (χ4n) is 1.27. The molecule has 17 heavy (non-hydrogen) atoms. The lowest BCUT2D eigenvalue weighted by Crippen LogP contribution is -2.27. The standard InChI is InChI=1S/C10H13BrF3NOS/c1-6(15)9(8-4-7(11)5-17-8)16-3-2-10(12,13)14/h4-6,9H,2-3,15H2,1H3. The van der Waals surface area contributed by atoms with E-state index in [1.807, 2.05) is 11.4 Å². The van der Waals surface area contributed by atoms with E-state index in [0.717, 1.165) is 9.35 Å². The number of ether oxygens (including phenoxy) is 1. The lowest BCUT2D eigenvalue weighted by atomic mass is 10.1. The SMILES string of the molecule is CC(N)C(OCCC(F)(F)F)c1cc(Br)cs1. The van der Waals surface area contributed by atoms with E-state index in [2.05, 4.69) is 15.9 Å². The normalized spacial score (nSPS) is 15.9. The zero-order valence-corrected chi connectivity index (χ0v) is 11.5. The fourth-order valence-corrected chi connectivity index (χ4v) is 2.88. The molecule has 1 aromatic rings. The molecule has 1 rings (SSSR count). The molecule has 0 bridgehead atoms. The maximum atomic E-state index is 12.0. The first-order valence-electron chi connectivity index (χ1n) is 4.97. The lowest BCUT2D eigenvalue weighted by molar-refractivity contribution is -0.150. The molecule has 2 nitrogen and oxygen atoms in total. The van der Waals surface area contributed by atoms with E-state index in [-0.39, 0.29) is 12.6 Å². The highest BCUT2D eigenvalue weighted by Crippen LogP contribution is 2.30. The molecule has 0 aliphatic carbocycles. The van der Waals surface area contributed by atoms with Crippen LogP contribution in [-0.4, -0.2) is 18.8 Å². The Labute approximate surface area is 110 Å². The van der Waals surface area contributed by atoms with E-state index >= 15 is 0 Å². The molecular weight excluding hydrogens is 319 g/mol. The highest BCUT2D eigenvalue weighted by molar-refractivity contribution is 9.10. The van der Waals surface area contributed by atoms with Gasteiger partial charge in [-0.15, -0.1) is 11.3 Å². The largest absolute Gasteiger partial charge is 0.391 e. The van der Waals surface area contributed by atoms with Crippen LogP contribution < -0.4 is 5.73 Å². The molecule has 1 heterocycles. The third kappa shape index (κ3) is 5.37. The number of thiophene rings is 1. The first kappa shape index (κ1) is 14.9. The smallest absolute Gasteiger partial charge is 0.371 e. The lowest BCUT2D eigenvalue weighted by Gasteiger charge is -2.20. The van der Waals surface area contributed by atoms with Crippen LogP contribution >= 0.6 is 27.3 Å². The minimum absolute atomic E-state index is 0.353. The molecule has 0 aliphatic heterocycles. The minimum atomic E-state index is -4.20. The summed E-state index contributed by atoms with van der Waals surface area (Å²) in [7, 11) is 0. The van der Waals surface area contributed by atoms with Gasteiger partial charge in [-0.1, -0.05) is 0 Å². The van der Waals surface area contributed by atoms with Crippen molar-refractivity contribution in [3.8, 4) is 0 Å². The molecule has 0 saturated carbocycles. The van der Waals surface area contributed by atoms with Gasteiger partial charge in [0.05, 0.1) is 13.0 Å². The highest BCUT2D eigenvalue weighted by atomic mass is 79.9. The quantitative estimate of drug-likeness (QED) is 0.888. The average molecular weight is 332 g/mol. The van der Waals surface area contributed by atoms with Gasteiger partial charge in [0.1, 0.15) is 6.10 Å². The van der Waals surface area contributed by atoms with Crippen LogP contribution in [0.3, 0.4) is 0 Å². The molecule has 2 N–H and O–H groups in total. The Morgan fingerprint density at radius 1 is 1.53 bits per heavy atom. The second-order valence-electron chi connectivity index (χ2n) is 3.68. The molecule has 0 radical (unpaired) electrons. The number of rotatable bonds is 5. The minimum Gasteiger partial charge on any atom is -0.371 e. The van der Waals surface area contributed by atoms with E-state index < -0.39 is 18.7 Å². The predicted molar refractivity (Wildman–Crippen MR) is 65.0 cm³/mol. The predicted octanol–water partition coefficient (Wildman–Crippen LogP) is 3.87. The summed E-state index contributed by atoms with van der Waals surface area (Å²) in [6.07, 6.45) is -5.64. The Morgan fingerprint density at radius 3 is 2.59 bits per heavy atom. The summed E-state index contributed by atoms with van der Waals surface area (Å²) in [5, 5.41) is 1.85. The molecule has 98 valence electrons. The molecule has 0 spiro atoms. The van der Waals surface area contributed by atoms with Gasteiger partial charge in [-0.05, 0) is 28.9 Å². The van der Waals surface area contributed by atoms with Crippen molar-refractivity contribution in [2.45, 2.75) is 31.7 Å². The van der Waals surface area contributed by atoms with E-state index in [9.17, 15) is 13.2 Å². The molecule has 7 heteroatoms.